The van der Waals surface area contributed by atoms with Gasteiger partial charge >= 0.3 is 12.0 Å². The zero-order valence-corrected chi connectivity index (χ0v) is 13.3. The van der Waals surface area contributed by atoms with Gasteiger partial charge in [-0.2, -0.15) is 9.67 Å². The first-order valence-electron chi connectivity index (χ1n) is 7.22. The quantitative estimate of drug-likeness (QED) is 0.647. The molecule has 0 spiro atoms. The number of nitrogens with zero attached hydrogens (tertiary/aromatic N) is 4. The Balaban J connectivity index is 2.06. The average molecular weight is 364 g/mol. The van der Waals surface area contributed by atoms with Crippen molar-refractivity contribution < 1.29 is 27.4 Å². The summed E-state index contributed by atoms with van der Waals surface area (Å²) in [6.45, 7) is -0.470. The SMILES string of the molecule is COC(=O)COc1nc(-c2ccc(F)cc2F)n(-c2ccc(F)cn2)n1. The molecule has 0 N–H and O–H groups in total. The molecule has 7 nitrogen and oxygen atoms in total. The largest absolute Gasteiger partial charge is 0.466 e. The van der Waals surface area contributed by atoms with Gasteiger partial charge in [-0.3, -0.25) is 0 Å². The van der Waals surface area contributed by atoms with E-state index >= 15 is 0 Å². The number of aromatic nitrogens is 4. The van der Waals surface area contributed by atoms with Gasteiger partial charge in [0.25, 0.3) is 0 Å². The highest BCUT2D eigenvalue weighted by Gasteiger charge is 2.19. The van der Waals surface area contributed by atoms with E-state index in [0.29, 0.717) is 6.07 Å². The van der Waals surface area contributed by atoms with Crippen molar-refractivity contribution in [1.29, 1.82) is 0 Å². The minimum Gasteiger partial charge on any atom is -0.466 e. The number of methoxy groups -OCH3 is 1. The van der Waals surface area contributed by atoms with Gasteiger partial charge in [0.1, 0.15) is 17.5 Å². The van der Waals surface area contributed by atoms with Crippen LogP contribution >= 0.6 is 0 Å². The van der Waals surface area contributed by atoms with E-state index in [-0.39, 0.29) is 23.2 Å². The second-order valence-corrected chi connectivity index (χ2v) is 4.95. The standard InChI is InChI=1S/C16H11F3N4O3/c1-25-14(24)8-26-16-21-15(11-4-2-9(17)6-12(11)19)23(22-16)13-5-3-10(18)7-20-13/h2-7H,8H2,1H3. The Hall–Kier alpha value is -3.43. The van der Waals surface area contributed by atoms with E-state index in [2.05, 4.69) is 19.8 Å². The van der Waals surface area contributed by atoms with Crippen LogP contribution in [0, 0.1) is 17.5 Å². The third-order valence-electron chi connectivity index (χ3n) is 3.24. The van der Waals surface area contributed by atoms with Crippen molar-refractivity contribution in [2.75, 3.05) is 13.7 Å². The summed E-state index contributed by atoms with van der Waals surface area (Å²) < 4.78 is 51.1. The molecule has 2 heterocycles. The maximum absolute atomic E-state index is 14.2. The van der Waals surface area contributed by atoms with Gasteiger partial charge in [0.15, 0.2) is 18.2 Å². The zero-order chi connectivity index (χ0) is 18.7. The van der Waals surface area contributed by atoms with E-state index in [0.717, 1.165) is 23.0 Å². The Bertz CT molecular complexity index is 944. The van der Waals surface area contributed by atoms with E-state index in [9.17, 15) is 18.0 Å². The maximum Gasteiger partial charge on any atom is 0.344 e. The summed E-state index contributed by atoms with van der Waals surface area (Å²) in [7, 11) is 1.18. The van der Waals surface area contributed by atoms with Crippen LogP contribution in [0.25, 0.3) is 17.2 Å². The molecule has 0 fully saturated rings. The Morgan fingerprint density at radius 2 is 1.92 bits per heavy atom. The molecule has 0 saturated heterocycles. The van der Waals surface area contributed by atoms with E-state index in [1.165, 1.54) is 19.2 Å². The van der Waals surface area contributed by atoms with Crippen LogP contribution in [-0.4, -0.2) is 39.4 Å². The summed E-state index contributed by atoms with van der Waals surface area (Å²) in [4.78, 5) is 19.0. The number of benzene rings is 1. The molecule has 0 aliphatic heterocycles. The first-order valence-corrected chi connectivity index (χ1v) is 7.22. The minimum atomic E-state index is -0.889. The lowest BCUT2D eigenvalue weighted by Crippen LogP contribution is -2.13. The van der Waals surface area contributed by atoms with E-state index < -0.39 is 30.0 Å². The number of ether oxygens (including phenoxy) is 2. The van der Waals surface area contributed by atoms with E-state index in [4.69, 9.17) is 4.74 Å². The molecule has 0 atom stereocenters. The van der Waals surface area contributed by atoms with Gasteiger partial charge in [-0.1, -0.05) is 0 Å². The van der Waals surface area contributed by atoms with Crippen molar-refractivity contribution in [2.24, 2.45) is 0 Å². The number of pyridine rings is 1. The van der Waals surface area contributed by atoms with E-state index in [1.54, 1.807) is 0 Å². The first kappa shape index (κ1) is 17.4. The molecule has 3 aromatic rings. The van der Waals surface area contributed by atoms with Gasteiger partial charge in [0, 0.05) is 6.07 Å². The number of halogens is 3. The highest BCUT2D eigenvalue weighted by molar-refractivity contribution is 5.70. The fraction of sp³-hybridized carbons (Fsp3) is 0.125. The Morgan fingerprint density at radius 1 is 1.15 bits per heavy atom. The van der Waals surface area contributed by atoms with Crippen molar-refractivity contribution >= 4 is 5.97 Å². The Kier molecular flexibility index (Phi) is 4.83. The van der Waals surface area contributed by atoms with Crippen LogP contribution in [0.2, 0.25) is 0 Å². The molecule has 0 unspecified atom stereocenters. The second-order valence-electron chi connectivity index (χ2n) is 4.95. The third-order valence-corrected chi connectivity index (χ3v) is 3.24. The van der Waals surface area contributed by atoms with Crippen LogP contribution in [-0.2, 0) is 9.53 Å². The molecule has 1 aromatic carbocycles. The van der Waals surface area contributed by atoms with E-state index in [1.807, 2.05) is 0 Å². The van der Waals surface area contributed by atoms with Crippen LogP contribution in [0.4, 0.5) is 13.2 Å². The summed E-state index contributed by atoms with van der Waals surface area (Å²) in [6, 6.07) is 5.05. The highest BCUT2D eigenvalue weighted by Crippen LogP contribution is 2.26. The number of hydrogen-bond acceptors (Lipinski definition) is 6. The van der Waals surface area contributed by atoms with Gasteiger partial charge in [-0.05, 0) is 24.3 Å². The number of esters is 1. The molecule has 0 saturated carbocycles. The molecule has 3 rings (SSSR count). The maximum atomic E-state index is 14.2. The molecule has 134 valence electrons. The fourth-order valence-electron chi connectivity index (χ4n) is 2.03. The second kappa shape index (κ2) is 7.21. The van der Waals surface area contributed by atoms with Crippen molar-refractivity contribution in [3.05, 3.63) is 54.0 Å². The van der Waals surface area contributed by atoms with Crippen LogP contribution < -0.4 is 4.74 Å². The molecule has 10 heteroatoms. The number of hydrogen-bond donors (Lipinski definition) is 0. The molecule has 26 heavy (non-hydrogen) atoms. The fourth-order valence-corrected chi connectivity index (χ4v) is 2.03. The predicted molar refractivity (Wildman–Crippen MR) is 82.0 cm³/mol. The molecule has 0 aliphatic rings. The molecule has 0 amide bonds. The molecule has 0 radical (unpaired) electrons. The predicted octanol–water partition coefficient (Wildman–Crippen LogP) is 2.30. The summed E-state index contributed by atoms with van der Waals surface area (Å²) in [5.41, 5.74) is -0.0852. The lowest BCUT2D eigenvalue weighted by Gasteiger charge is -2.05. The molecular weight excluding hydrogens is 353 g/mol. The highest BCUT2D eigenvalue weighted by atomic mass is 19.1. The number of carbonyl (C=O) groups is 1. The molecule has 0 bridgehead atoms. The first-order chi connectivity index (χ1) is 12.5. The third kappa shape index (κ3) is 3.63. The van der Waals surface area contributed by atoms with Crippen LogP contribution in [0.15, 0.2) is 36.5 Å². The summed E-state index contributed by atoms with van der Waals surface area (Å²) in [5, 5.41) is 3.99. The lowest BCUT2D eigenvalue weighted by molar-refractivity contribution is -0.143. The summed E-state index contributed by atoms with van der Waals surface area (Å²) in [6.07, 6.45) is 0.941. The summed E-state index contributed by atoms with van der Waals surface area (Å²) in [5.74, 6) is -2.85. The van der Waals surface area contributed by atoms with Crippen molar-refractivity contribution in [3.8, 4) is 23.2 Å². The molecular formula is C16H11F3N4O3. The minimum absolute atomic E-state index is 0.0681. The Labute approximate surface area is 145 Å². The summed E-state index contributed by atoms with van der Waals surface area (Å²) >= 11 is 0. The van der Waals surface area contributed by atoms with Gasteiger partial charge in [-0.15, -0.1) is 5.10 Å². The Morgan fingerprint density at radius 3 is 2.58 bits per heavy atom. The van der Waals surface area contributed by atoms with Gasteiger partial charge < -0.3 is 9.47 Å². The van der Waals surface area contributed by atoms with Gasteiger partial charge in [0.2, 0.25) is 0 Å². The van der Waals surface area contributed by atoms with Crippen LogP contribution in [0.5, 0.6) is 6.01 Å². The lowest BCUT2D eigenvalue weighted by atomic mass is 10.2. The van der Waals surface area contributed by atoms with Gasteiger partial charge in [-0.25, -0.2) is 22.9 Å². The number of carbonyl (C=O) groups excluding carboxylic acids is 1. The normalized spacial score (nSPS) is 10.6. The van der Waals surface area contributed by atoms with Crippen molar-refractivity contribution in [2.45, 2.75) is 0 Å². The van der Waals surface area contributed by atoms with Crippen LogP contribution in [0.3, 0.4) is 0 Å². The molecule has 0 aliphatic carbocycles. The van der Waals surface area contributed by atoms with Crippen LogP contribution in [0.1, 0.15) is 0 Å². The molecule has 2 aromatic heterocycles. The smallest absolute Gasteiger partial charge is 0.344 e. The number of rotatable bonds is 5. The zero-order valence-electron chi connectivity index (χ0n) is 13.3. The topological polar surface area (TPSA) is 79.1 Å². The average Bonchev–Trinajstić information content (AvgIpc) is 3.04. The monoisotopic (exact) mass is 364 g/mol. The van der Waals surface area contributed by atoms with Gasteiger partial charge in [0.05, 0.1) is 18.9 Å². The van der Waals surface area contributed by atoms with Crippen molar-refractivity contribution in [1.82, 2.24) is 19.7 Å². The van der Waals surface area contributed by atoms with Crippen molar-refractivity contribution in [3.63, 3.8) is 0 Å².